The lowest BCUT2D eigenvalue weighted by Gasteiger charge is -2.18. The second-order valence-corrected chi connectivity index (χ2v) is 4.45. The van der Waals surface area contributed by atoms with Gasteiger partial charge in [0.25, 0.3) is 0 Å². The van der Waals surface area contributed by atoms with Crippen molar-refractivity contribution >= 4 is 21.8 Å². The van der Waals surface area contributed by atoms with Crippen molar-refractivity contribution < 1.29 is 14.7 Å². The number of hydroxylamine groups is 1. The molecule has 94 valence electrons. The van der Waals surface area contributed by atoms with Gasteiger partial charge in [-0.2, -0.15) is 5.48 Å². The highest BCUT2D eigenvalue weighted by Gasteiger charge is 2.14. The molecule has 1 amide bonds. The lowest BCUT2D eigenvalue weighted by molar-refractivity contribution is -0.126. The highest BCUT2D eigenvalue weighted by Crippen LogP contribution is 2.29. The first-order valence-corrected chi connectivity index (χ1v) is 5.98. The van der Waals surface area contributed by atoms with Gasteiger partial charge < -0.3 is 10.8 Å². The number of aromatic hydroxyl groups is 1. The Bertz CT molecular complexity index is 398. The SMILES string of the molecule is CCC(NOCC(N)=O)c1cc(Br)ccc1O. The van der Waals surface area contributed by atoms with Crippen LogP contribution in [0, 0.1) is 0 Å². The fourth-order valence-electron chi connectivity index (χ4n) is 1.38. The van der Waals surface area contributed by atoms with E-state index in [-0.39, 0.29) is 18.4 Å². The topological polar surface area (TPSA) is 84.6 Å². The molecule has 0 aliphatic carbocycles. The van der Waals surface area contributed by atoms with Crippen LogP contribution in [0.1, 0.15) is 24.9 Å². The van der Waals surface area contributed by atoms with Crippen LogP contribution in [0.15, 0.2) is 22.7 Å². The number of rotatable bonds is 6. The molecule has 0 aliphatic heterocycles. The fourth-order valence-corrected chi connectivity index (χ4v) is 1.76. The van der Waals surface area contributed by atoms with Crippen LogP contribution in [0.25, 0.3) is 0 Å². The smallest absolute Gasteiger partial charge is 0.245 e. The number of phenolic OH excluding ortho intramolecular Hbond substituents is 1. The molecular weight excluding hydrogens is 288 g/mol. The minimum atomic E-state index is -0.550. The monoisotopic (exact) mass is 302 g/mol. The molecule has 4 N–H and O–H groups in total. The van der Waals surface area contributed by atoms with Crippen molar-refractivity contribution in [3.63, 3.8) is 0 Å². The van der Waals surface area contributed by atoms with Crippen molar-refractivity contribution in [2.24, 2.45) is 5.73 Å². The molecule has 0 fully saturated rings. The van der Waals surface area contributed by atoms with Crippen LogP contribution in [0.5, 0.6) is 5.75 Å². The number of nitrogens with one attached hydrogen (secondary N) is 1. The number of carbonyl (C=O) groups excluding carboxylic acids is 1. The van der Waals surface area contributed by atoms with Crippen molar-refractivity contribution in [3.05, 3.63) is 28.2 Å². The van der Waals surface area contributed by atoms with Gasteiger partial charge in [-0.1, -0.05) is 22.9 Å². The third-order valence-electron chi connectivity index (χ3n) is 2.21. The molecule has 0 aromatic heterocycles. The standard InChI is InChI=1S/C11H15BrN2O3/c1-2-9(14-17-6-11(13)16)8-5-7(12)3-4-10(8)15/h3-5,9,14-15H,2,6H2,1H3,(H2,13,16). The van der Waals surface area contributed by atoms with Crippen LogP contribution >= 0.6 is 15.9 Å². The maximum absolute atomic E-state index is 10.5. The van der Waals surface area contributed by atoms with Crippen molar-refractivity contribution in [1.82, 2.24) is 5.48 Å². The van der Waals surface area contributed by atoms with E-state index in [4.69, 9.17) is 10.6 Å². The molecule has 1 aromatic rings. The summed E-state index contributed by atoms with van der Waals surface area (Å²) < 4.78 is 0.862. The molecule has 0 aliphatic rings. The van der Waals surface area contributed by atoms with E-state index in [2.05, 4.69) is 21.4 Å². The number of hydrogen-bond acceptors (Lipinski definition) is 4. The van der Waals surface area contributed by atoms with Gasteiger partial charge in [0.2, 0.25) is 5.91 Å². The van der Waals surface area contributed by atoms with Crippen molar-refractivity contribution in [2.75, 3.05) is 6.61 Å². The van der Waals surface area contributed by atoms with E-state index in [9.17, 15) is 9.90 Å². The molecule has 0 heterocycles. The van der Waals surface area contributed by atoms with Gasteiger partial charge in [-0.3, -0.25) is 9.63 Å². The van der Waals surface area contributed by atoms with Gasteiger partial charge in [-0.05, 0) is 24.6 Å². The minimum Gasteiger partial charge on any atom is -0.508 e. The van der Waals surface area contributed by atoms with Gasteiger partial charge >= 0.3 is 0 Å². The summed E-state index contributed by atoms with van der Waals surface area (Å²) in [6.45, 7) is 1.73. The third kappa shape index (κ3) is 4.33. The molecule has 17 heavy (non-hydrogen) atoms. The molecule has 1 unspecified atom stereocenters. The summed E-state index contributed by atoms with van der Waals surface area (Å²) in [6, 6.07) is 4.93. The highest BCUT2D eigenvalue weighted by atomic mass is 79.9. The van der Waals surface area contributed by atoms with Gasteiger partial charge in [-0.15, -0.1) is 0 Å². The molecule has 0 radical (unpaired) electrons. The molecule has 0 saturated heterocycles. The fraction of sp³-hybridized carbons (Fsp3) is 0.364. The Morgan fingerprint density at radius 2 is 2.35 bits per heavy atom. The largest absolute Gasteiger partial charge is 0.508 e. The van der Waals surface area contributed by atoms with Gasteiger partial charge in [-0.25, -0.2) is 0 Å². The maximum Gasteiger partial charge on any atom is 0.245 e. The van der Waals surface area contributed by atoms with Crippen molar-refractivity contribution in [1.29, 1.82) is 0 Å². The van der Waals surface area contributed by atoms with Crippen molar-refractivity contribution in [3.8, 4) is 5.75 Å². The molecule has 0 saturated carbocycles. The van der Waals surface area contributed by atoms with Gasteiger partial charge in [0.15, 0.2) is 0 Å². The van der Waals surface area contributed by atoms with Gasteiger partial charge in [0, 0.05) is 10.0 Å². The Labute approximate surface area is 108 Å². The molecule has 1 atom stereocenters. The van der Waals surface area contributed by atoms with E-state index in [1.807, 2.05) is 6.92 Å². The molecule has 1 aromatic carbocycles. The van der Waals surface area contributed by atoms with E-state index in [0.717, 1.165) is 4.47 Å². The molecule has 6 heteroatoms. The Balaban J connectivity index is 2.72. The van der Waals surface area contributed by atoms with E-state index in [1.165, 1.54) is 0 Å². The van der Waals surface area contributed by atoms with Crippen LogP contribution < -0.4 is 11.2 Å². The summed E-state index contributed by atoms with van der Waals surface area (Å²) in [5, 5.41) is 9.74. The normalized spacial score (nSPS) is 12.4. The number of primary amides is 1. The first-order chi connectivity index (χ1) is 8.04. The van der Waals surface area contributed by atoms with E-state index >= 15 is 0 Å². The van der Waals surface area contributed by atoms with Crippen molar-refractivity contribution in [2.45, 2.75) is 19.4 Å². The lowest BCUT2D eigenvalue weighted by Crippen LogP contribution is -2.27. The number of phenols is 1. The second kappa shape index (κ2) is 6.58. The number of halogens is 1. The highest BCUT2D eigenvalue weighted by molar-refractivity contribution is 9.10. The summed E-state index contributed by atoms with van der Waals surface area (Å²) in [7, 11) is 0. The van der Waals surface area contributed by atoms with Crippen LogP contribution in [-0.2, 0) is 9.63 Å². The number of benzene rings is 1. The van der Waals surface area contributed by atoms with Gasteiger partial charge in [0.1, 0.15) is 12.4 Å². The quantitative estimate of drug-likeness (QED) is 0.697. The summed E-state index contributed by atoms with van der Waals surface area (Å²) >= 11 is 3.33. The number of amides is 1. The Kier molecular flexibility index (Phi) is 5.40. The molecule has 0 bridgehead atoms. The third-order valence-corrected chi connectivity index (χ3v) is 2.71. The average molecular weight is 303 g/mol. The number of hydrogen-bond donors (Lipinski definition) is 3. The zero-order chi connectivity index (χ0) is 12.8. The van der Waals surface area contributed by atoms with E-state index in [0.29, 0.717) is 12.0 Å². The summed E-state index contributed by atoms with van der Waals surface area (Å²) in [5.74, 6) is -0.374. The zero-order valence-corrected chi connectivity index (χ0v) is 11.0. The maximum atomic E-state index is 10.5. The average Bonchev–Trinajstić information content (AvgIpc) is 2.28. The van der Waals surface area contributed by atoms with E-state index < -0.39 is 5.91 Å². The van der Waals surface area contributed by atoms with Crippen LogP contribution in [-0.4, -0.2) is 17.6 Å². The Morgan fingerprint density at radius 3 is 2.94 bits per heavy atom. The van der Waals surface area contributed by atoms with Crippen LogP contribution in [0.3, 0.4) is 0 Å². The number of carbonyl (C=O) groups is 1. The zero-order valence-electron chi connectivity index (χ0n) is 9.44. The van der Waals surface area contributed by atoms with Gasteiger partial charge in [0.05, 0.1) is 6.04 Å². The Hall–Kier alpha value is -1.11. The molecule has 5 nitrogen and oxygen atoms in total. The minimum absolute atomic E-state index is 0.176. The number of nitrogens with two attached hydrogens (primary N) is 1. The summed E-state index contributed by atoms with van der Waals surface area (Å²) in [5.41, 5.74) is 8.36. The first kappa shape index (κ1) is 14.0. The summed E-state index contributed by atoms with van der Waals surface area (Å²) in [6.07, 6.45) is 0.697. The van der Waals surface area contributed by atoms with E-state index in [1.54, 1.807) is 18.2 Å². The van der Waals surface area contributed by atoms with Crippen LogP contribution in [0.4, 0.5) is 0 Å². The first-order valence-electron chi connectivity index (χ1n) is 5.18. The Morgan fingerprint density at radius 1 is 1.65 bits per heavy atom. The molecule has 1 rings (SSSR count). The molecular formula is C11H15BrN2O3. The van der Waals surface area contributed by atoms with Crippen LogP contribution in [0.2, 0.25) is 0 Å². The lowest BCUT2D eigenvalue weighted by atomic mass is 10.0. The predicted molar refractivity (Wildman–Crippen MR) is 67.1 cm³/mol. The molecule has 0 spiro atoms. The summed E-state index contributed by atoms with van der Waals surface area (Å²) in [4.78, 5) is 15.5. The predicted octanol–water partition coefficient (Wildman–Crippen LogP) is 1.61. The second-order valence-electron chi connectivity index (χ2n) is 3.54.